The first-order valence-electron chi connectivity index (χ1n) is 16.9. The van der Waals surface area contributed by atoms with Crippen molar-refractivity contribution in [3.63, 3.8) is 0 Å². The summed E-state index contributed by atoms with van der Waals surface area (Å²) in [6, 6.07) is 28.8. The zero-order valence-electron chi connectivity index (χ0n) is 28.9. The molecular formula is C40H45N3O7S2. The number of aliphatic carboxylic acids is 1. The first-order valence-corrected chi connectivity index (χ1v) is 16.9. The van der Waals surface area contributed by atoms with Gasteiger partial charge in [0.2, 0.25) is 11.8 Å². The van der Waals surface area contributed by atoms with Crippen LogP contribution < -0.4 is 15.4 Å². The van der Waals surface area contributed by atoms with E-state index in [1.165, 1.54) is 19.2 Å². The Bertz CT molecular complexity index is 1870. The van der Waals surface area contributed by atoms with Gasteiger partial charge >= 0.3 is 5.97 Å². The monoisotopic (exact) mass is 743 g/mol. The fraction of sp³-hybridized carbons (Fsp3) is 0.300. The largest absolute Gasteiger partial charge is 0.508 e. The van der Waals surface area contributed by atoms with Crippen LogP contribution in [-0.2, 0) is 26.2 Å². The van der Waals surface area contributed by atoms with Gasteiger partial charge in [-0.15, -0.1) is 0 Å². The molecule has 3 atom stereocenters. The fourth-order valence-corrected chi connectivity index (χ4v) is 7.40. The van der Waals surface area contributed by atoms with Gasteiger partial charge < -0.3 is 30.5 Å². The SMILES string of the molecule is COc1ccccc1C(=O)NC1CCN(C(=O)[C@H]2CC[C@@](C(=O)N[C@@H](Cc3ccc(O)cc3)C(=O)O)(c3ccccc3)c3ccccc32)CC1.S.S. The molecule has 6 rings (SSSR count). The first kappa shape index (κ1) is 39.8. The molecule has 12 heteroatoms. The average molecular weight is 744 g/mol. The highest BCUT2D eigenvalue weighted by Crippen LogP contribution is 2.48. The van der Waals surface area contributed by atoms with Gasteiger partial charge in [0.05, 0.1) is 24.0 Å². The van der Waals surface area contributed by atoms with E-state index in [-0.39, 0.29) is 57.0 Å². The number of ether oxygens (including phenoxy) is 1. The predicted octanol–water partition coefficient (Wildman–Crippen LogP) is 5.02. The van der Waals surface area contributed by atoms with Crippen LogP contribution in [-0.4, -0.2) is 71.1 Å². The number of rotatable bonds is 10. The zero-order valence-corrected chi connectivity index (χ0v) is 30.9. The van der Waals surface area contributed by atoms with E-state index >= 15 is 0 Å². The number of nitrogens with zero attached hydrogens (tertiary/aromatic N) is 1. The third-order valence-corrected chi connectivity index (χ3v) is 10.0. The van der Waals surface area contributed by atoms with Crippen LogP contribution in [0.5, 0.6) is 11.5 Å². The third-order valence-electron chi connectivity index (χ3n) is 10.0. The van der Waals surface area contributed by atoms with Crippen LogP contribution in [0.15, 0.2) is 103 Å². The van der Waals surface area contributed by atoms with Crippen molar-refractivity contribution in [1.29, 1.82) is 0 Å². The minimum Gasteiger partial charge on any atom is -0.508 e. The maximum Gasteiger partial charge on any atom is 0.326 e. The Morgan fingerprint density at radius 3 is 2.15 bits per heavy atom. The maximum absolute atomic E-state index is 14.5. The van der Waals surface area contributed by atoms with E-state index in [0.29, 0.717) is 61.2 Å². The molecule has 274 valence electrons. The first-order chi connectivity index (χ1) is 24.2. The Morgan fingerprint density at radius 1 is 0.846 bits per heavy atom. The molecule has 1 heterocycles. The Kier molecular flexibility index (Phi) is 13.4. The molecule has 4 N–H and O–H groups in total. The number of hydrogen-bond donors (Lipinski definition) is 4. The van der Waals surface area contributed by atoms with Crippen molar-refractivity contribution in [2.24, 2.45) is 0 Å². The summed E-state index contributed by atoms with van der Waals surface area (Å²) in [5, 5.41) is 25.8. The molecule has 52 heavy (non-hydrogen) atoms. The summed E-state index contributed by atoms with van der Waals surface area (Å²) < 4.78 is 5.34. The normalized spacial score (nSPS) is 18.7. The van der Waals surface area contributed by atoms with Gasteiger partial charge in [-0.05, 0) is 72.2 Å². The molecule has 2 aliphatic rings. The quantitative estimate of drug-likeness (QED) is 0.179. The number of likely N-dealkylation sites (tertiary alicyclic amines) is 1. The average Bonchev–Trinajstić information content (AvgIpc) is 3.15. The van der Waals surface area contributed by atoms with Gasteiger partial charge in [-0.25, -0.2) is 4.79 Å². The van der Waals surface area contributed by atoms with Gasteiger partial charge in [0.1, 0.15) is 17.5 Å². The Morgan fingerprint density at radius 2 is 1.48 bits per heavy atom. The number of carbonyl (C=O) groups is 4. The number of carboxylic acid groups (broad SMARTS) is 1. The summed E-state index contributed by atoms with van der Waals surface area (Å²) in [5.74, 6) is -1.76. The molecule has 10 nitrogen and oxygen atoms in total. The Balaban J connectivity index is 0.00000302. The summed E-state index contributed by atoms with van der Waals surface area (Å²) in [6.07, 6.45) is 1.93. The number of carboxylic acids is 1. The van der Waals surface area contributed by atoms with Crippen molar-refractivity contribution >= 4 is 50.7 Å². The summed E-state index contributed by atoms with van der Waals surface area (Å²) in [5.41, 5.74) is 2.04. The van der Waals surface area contributed by atoms with Crippen molar-refractivity contribution in [1.82, 2.24) is 15.5 Å². The van der Waals surface area contributed by atoms with E-state index in [1.807, 2.05) is 65.6 Å². The van der Waals surface area contributed by atoms with Gasteiger partial charge in [-0.1, -0.05) is 78.9 Å². The van der Waals surface area contributed by atoms with E-state index in [0.717, 1.165) is 11.1 Å². The number of phenolic OH excluding ortho intramolecular Hbond substituents is 1. The Labute approximate surface area is 317 Å². The fourth-order valence-electron chi connectivity index (χ4n) is 7.40. The van der Waals surface area contributed by atoms with Gasteiger partial charge in [0.15, 0.2) is 0 Å². The Hall–Kier alpha value is -4.94. The molecule has 0 saturated carbocycles. The van der Waals surface area contributed by atoms with E-state index in [4.69, 9.17) is 4.74 Å². The van der Waals surface area contributed by atoms with Gasteiger partial charge in [-0.2, -0.15) is 27.0 Å². The minimum absolute atomic E-state index is 0. The lowest BCUT2D eigenvalue weighted by Crippen LogP contribution is -2.54. The summed E-state index contributed by atoms with van der Waals surface area (Å²) in [6.45, 7) is 0.965. The van der Waals surface area contributed by atoms with Crippen LogP contribution in [0.3, 0.4) is 0 Å². The van der Waals surface area contributed by atoms with Crippen molar-refractivity contribution in [2.75, 3.05) is 20.2 Å². The molecule has 1 saturated heterocycles. The van der Waals surface area contributed by atoms with Crippen molar-refractivity contribution in [3.8, 4) is 11.5 Å². The van der Waals surface area contributed by atoms with Crippen LogP contribution in [0.1, 0.15) is 64.2 Å². The second kappa shape index (κ2) is 17.5. The number of nitrogens with one attached hydrogen (secondary N) is 2. The van der Waals surface area contributed by atoms with E-state index in [2.05, 4.69) is 10.6 Å². The highest BCUT2D eigenvalue weighted by Gasteiger charge is 2.49. The number of fused-ring (bicyclic) bond motifs is 1. The number of carbonyl (C=O) groups excluding carboxylic acids is 3. The number of amides is 3. The standard InChI is InChI=1S/C40H41N3O7.2H2S/c1-50-35-14-8-6-12-32(35)36(45)41-28-20-23-43(24-21-28)37(46)31-19-22-40(27-9-3-2-4-10-27,33-13-7-5-11-30(31)33)39(49)42-34(38(47)48)25-26-15-17-29(44)18-16-26;;/h2-18,28,31,34,44H,19-25H2,1H3,(H,41,45)(H,42,49)(H,47,48);2*1H2/t31-,34-,40+;;/m0../s1. The maximum atomic E-state index is 14.5. The van der Waals surface area contributed by atoms with Gasteiger partial charge in [-0.3, -0.25) is 14.4 Å². The number of para-hydroxylation sites is 1. The van der Waals surface area contributed by atoms with Crippen molar-refractivity contribution in [3.05, 3.63) is 131 Å². The lowest BCUT2D eigenvalue weighted by Gasteiger charge is -2.43. The second-order valence-corrected chi connectivity index (χ2v) is 13.0. The predicted molar refractivity (Wildman–Crippen MR) is 208 cm³/mol. The van der Waals surface area contributed by atoms with Crippen LogP contribution in [0, 0.1) is 0 Å². The molecule has 4 aromatic rings. The van der Waals surface area contributed by atoms with E-state index < -0.39 is 29.3 Å². The van der Waals surface area contributed by atoms with Crippen LogP contribution in [0.2, 0.25) is 0 Å². The smallest absolute Gasteiger partial charge is 0.326 e. The minimum atomic E-state index is -1.23. The molecule has 1 aliphatic heterocycles. The highest BCUT2D eigenvalue weighted by atomic mass is 32.1. The highest BCUT2D eigenvalue weighted by molar-refractivity contribution is 7.59. The molecule has 0 bridgehead atoms. The molecule has 0 radical (unpaired) electrons. The topological polar surface area (TPSA) is 145 Å². The molecule has 3 amide bonds. The molecule has 4 aromatic carbocycles. The number of phenols is 1. The third kappa shape index (κ3) is 8.24. The summed E-state index contributed by atoms with van der Waals surface area (Å²) in [4.78, 5) is 56.0. The molecule has 1 aliphatic carbocycles. The van der Waals surface area contributed by atoms with Gasteiger partial charge in [0.25, 0.3) is 5.91 Å². The van der Waals surface area contributed by atoms with Crippen molar-refractivity contribution < 1.29 is 34.1 Å². The molecule has 1 fully saturated rings. The number of methoxy groups -OCH3 is 1. The number of hydrogen-bond acceptors (Lipinski definition) is 6. The molecule has 0 spiro atoms. The van der Waals surface area contributed by atoms with Crippen LogP contribution >= 0.6 is 27.0 Å². The van der Waals surface area contributed by atoms with Crippen LogP contribution in [0.4, 0.5) is 0 Å². The lowest BCUT2D eigenvalue weighted by atomic mass is 9.62. The number of piperidine rings is 1. The van der Waals surface area contributed by atoms with E-state index in [1.54, 1.807) is 30.3 Å². The molecule has 0 aromatic heterocycles. The van der Waals surface area contributed by atoms with Gasteiger partial charge in [0, 0.05) is 25.6 Å². The number of aromatic hydroxyl groups is 1. The lowest BCUT2D eigenvalue weighted by molar-refractivity contribution is -0.142. The molecular weight excluding hydrogens is 699 g/mol. The summed E-state index contributed by atoms with van der Waals surface area (Å²) >= 11 is 0. The van der Waals surface area contributed by atoms with E-state index in [9.17, 15) is 29.4 Å². The van der Waals surface area contributed by atoms with Crippen molar-refractivity contribution in [2.45, 2.75) is 55.5 Å². The zero-order chi connectivity index (χ0) is 35.3. The molecule has 0 unspecified atom stereocenters. The van der Waals surface area contributed by atoms with Crippen LogP contribution in [0.25, 0.3) is 0 Å². The summed E-state index contributed by atoms with van der Waals surface area (Å²) in [7, 11) is 1.53. The number of benzene rings is 4. The second-order valence-electron chi connectivity index (χ2n) is 13.0.